The lowest BCUT2D eigenvalue weighted by molar-refractivity contribution is -0.140. The van der Waals surface area contributed by atoms with Gasteiger partial charge in [-0.2, -0.15) is 0 Å². The summed E-state index contributed by atoms with van der Waals surface area (Å²) in [4.78, 5) is 39.9. The zero-order chi connectivity index (χ0) is 21.1. The molecule has 1 aromatic carbocycles. The largest absolute Gasteiger partial charge is 0.355 e. The van der Waals surface area contributed by atoms with E-state index in [1.165, 1.54) is 35.8 Å². The summed E-state index contributed by atoms with van der Waals surface area (Å²) < 4.78 is 13.7. The maximum atomic E-state index is 13.7. The van der Waals surface area contributed by atoms with E-state index in [0.29, 0.717) is 12.1 Å². The number of rotatable bonds is 6. The van der Waals surface area contributed by atoms with Gasteiger partial charge in [0.05, 0.1) is 29.4 Å². The molecule has 2 aliphatic rings. The molecule has 4 atom stereocenters. The molecular weight excluding hydrogens is 397 g/mol. The molecule has 158 valence electrons. The highest BCUT2D eigenvalue weighted by molar-refractivity contribution is 8.00. The number of carbonyl (C=O) groups is 3. The number of nitrogens with zero attached hydrogens (tertiary/aromatic N) is 2. The van der Waals surface area contributed by atoms with Crippen molar-refractivity contribution in [3.63, 3.8) is 0 Å². The molecule has 0 aromatic heterocycles. The Labute approximate surface area is 173 Å². The SMILES string of the molecule is CCCNC(=O)CSC1NC(c2cccc(F)c2)NC2C1C(=O)N(C)C(=O)N2C. The third-order valence-electron chi connectivity index (χ3n) is 5.10. The monoisotopic (exact) mass is 423 g/mol. The van der Waals surface area contributed by atoms with E-state index in [9.17, 15) is 18.8 Å². The maximum absolute atomic E-state index is 13.7. The highest BCUT2D eigenvalue weighted by atomic mass is 32.2. The van der Waals surface area contributed by atoms with Crippen molar-refractivity contribution in [3.05, 3.63) is 35.6 Å². The van der Waals surface area contributed by atoms with E-state index >= 15 is 0 Å². The first-order chi connectivity index (χ1) is 13.8. The third kappa shape index (κ3) is 4.54. The van der Waals surface area contributed by atoms with Crippen molar-refractivity contribution in [2.45, 2.75) is 31.0 Å². The van der Waals surface area contributed by atoms with E-state index < -0.39 is 29.7 Å². The smallest absolute Gasteiger partial charge is 0.327 e. The molecule has 2 fully saturated rings. The predicted octanol–water partition coefficient (Wildman–Crippen LogP) is 1.07. The van der Waals surface area contributed by atoms with Gasteiger partial charge < -0.3 is 10.2 Å². The van der Waals surface area contributed by atoms with Gasteiger partial charge in [0.15, 0.2) is 0 Å². The molecule has 0 aliphatic carbocycles. The van der Waals surface area contributed by atoms with Gasteiger partial charge in [-0.15, -0.1) is 11.8 Å². The molecule has 0 bridgehead atoms. The summed E-state index contributed by atoms with van der Waals surface area (Å²) in [6, 6.07) is 5.72. The summed E-state index contributed by atoms with van der Waals surface area (Å²) in [6.07, 6.45) is -0.212. The number of fused-ring (bicyclic) bond motifs is 1. The lowest BCUT2D eigenvalue weighted by atomic mass is 9.96. The Hall–Kier alpha value is -2.17. The Balaban J connectivity index is 1.84. The summed E-state index contributed by atoms with van der Waals surface area (Å²) in [5, 5.41) is 8.94. The topological polar surface area (TPSA) is 93.8 Å². The molecule has 4 unspecified atom stereocenters. The number of imide groups is 1. The van der Waals surface area contributed by atoms with Crippen LogP contribution >= 0.6 is 11.8 Å². The molecule has 10 heteroatoms. The number of hydrogen-bond donors (Lipinski definition) is 3. The van der Waals surface area contributed by atoms with Gasteiger partial charge in [0, 0.05) is 20.6 Å². The normalized spacial score (nSPS) is 27.0. The zero-order valence-electron chi connectivity index (χ0n) is 16.6. The second-order valence-electron chi connectivity index (χ2n) is 7.16. The summed E-state index contributed by atoms with van der Waals surface area (Å²) in [6.45, 7) is 2.56. The second-order valence-corrected chi connectivity index (χ2v) is 8.29. The van der Waals surface area contributed by atoms with E-state index in [2.05, 4.69) is 16.0 Å². The standard InChI is InChI=1S/C19H26FN5O3S/c1-4-8-21-13(26)10-29-17-14-16(24(2)19(28)25(3)18(14)27)22-15(23-17)11-6-5-7-12(20)9-11/h5-7,9,14-17,22-23H,4,8,10H2,1-3H3,(H,21,26). The van der Waals surface area contributed by atoms with Crippen LogP contribution in [0.3, 0.4) is 0 Å². The minimum Gasteiger partial charge on any atom is -0.355 e. The van der Waals surface area contributed by atoms with Crippen LogP contribution in [0.4, 0.5) is 9.18 Å². The van der Waals surface area contributed by atoms with Crippen LogP contribution < -0.4 is 16.0 Å². The molecule has 0 spiro atoms. The van der Waals surface area contributed by atoms with Crippen molar-refractivity contribution < 1.29 is 18.8 Å². The van der Waals surface area contributed by atoms with Crippen LogP contribution in [0.5, 0.6) is 0 Å². The first-order valence-electron chi connectivity index (χ1n) is 9.53. The average Bonchev–Trinajstić information content (AvgIpc) is 2.72. The van der Waals surface area contributed by atoms with Crippen LogP contribution in [0.2, 0.25) is 0 Å². The first-order valence-corrected chi connectivity index (χ1v) is 10.6. The Kier molecular flexibility index (Phi) is 6.76. The number of nitrogens with one attached hydrogen (secondary N) is 3. The summed E-state index contributed by atoms with van der Waals surface area (Å²) in [5.74, 6) is -1.22. The Bertz CT molecular complexity index is 795. The first kappa shape index (κ1) is 21.5. The lowest BCUT2D eigenvalue weighted by Crippen LogP contribution is -2.72. The van der Waals surface area contributed by atoms with E-state index in [0.717, 1.165) is 11.3 Å². The quantitative estimate of drug-likeness (QED) is 0.634. The van der Waals surface area contributed by atoms with Crippen molar-refractivity contribution in [2.24, 2.45) is 5.92 Å². The summed E-state index contributed by atoms with van der Waals surface area (Å²) in [5.41, 5.74) is 0.650. The van der Waals surface area contributed by atoms with Gasteiger partial charge in [0.1, 0.15) is 5.82 Å². The molecule has 0 radical (unpaired) electrons. The maximum Gasteiger partial charge on any atom is 0.327 e. The van der Waals surface area contributed by atoms with Crippen molar-refractivity contribution in [2.75, 3.05) is 26.4 Å². The van der Waals surface area contributed by atoms with Gasteiger partial charge >= 0.3 is 6.03 Å². The van der Waals surface area contributed by atoms with Crippen molar-refractivity contribution in [3.8, 4) is 0 Å². The summed E-state index contributed by atoms with van der Waals surface area (Å²) in [7, 11) is 3.07. The molecule has 2 heterocycles. The minimum atomic E-state index is -0.587. The number of thioether (sulfide) groups is 1. The molecular formula is C19H26FN5O3S. The molecule has 2 saturated heterocycles. The van der Waals surface area contributed by atoms with Gasteiger partial charge in [0.2, 0.25) is 11.8 Å². The van der Waals surface area contributed by atoms with Crippen molar-refractivity contribution >= 4 is 29.6 Å². The van der Waals surface area contributed by atoms with E-state index in [-0.39, 0.29) is 23.4 Å². The van der Waals surface area contributed by atoms with Crippen LogP contribution in [0.25, 0.3) is 0 Å². The van der Waals surface area contributed by atoms with E-state index in [1.54, 1.807) is 19.2 Å². The number of halogens is 1. The fraction of sp³-hybridized carbons (Fsp3) is 0.526. The zero-order valence-corrected chi connectivity index (χ0v) is 17.5. The van der Waals surface area contributed by atoms with Crippen LogP contribution in [0.1, 0.15) is 25.1 Å². The third-order valence-corrected chi connectivity index (χ3v) is 6.32. The van der Waals surface area contributed by atoms with Crippen molar-refractivity contribution in [1.82, 2.24) is 25.8 Å². The highest BCUT2D eigenvalue weighted by Crippen LogP contribution is 2.34. The van der Waals surface area contributed by atoms with Crippen LogP contribution in [-0.2, 0) is 9.59 Å². The van der Waals surface area contributed by atoms with E-state index in [4.69, 9.17) is 0 Å². The van der Waals surface area contributed by atoms with Gasteiger partial charge in [-0.3, -0.25) is 25.1 Å². The fourth-order valence-electron chi connectivity index (χ4n) is 3.56. The van der Waals surface area contributed by atoms with E-state index in [1.807, 2.05) is 6.92 Å². The molecule has 3 rings (SSSR count). The Morgan fingerprint density at radius 3 is 2.72 bits per heavy atom. The molecule has 29 heavy (non-hydrogen) atoms. The molecule has 4 amide bonds. The molecule has 1 aromatic rings. The molecule has 8 nitrogen and oxygen atoms in total. The molecule has 3 N–H and O–H groups in total. The number of hydrogen-bond acceptors (Lipinski definition) is 6. The average molecular weight is 424 g/mol. The highest BCUT2D eigenvalue weighted by Gasteiger charge is 2.51. The van der Waals surface area contributed by atoms with Crippen molar-refractivity contribution in [1.29, 1.82) is 0 Å². The molecule has 2 aliphatic heterocycles. The van der Waals surface area contributed by atoms with Crippen LogP contribution in [-0.4, -0.2) is 65.6 Å². The van der Waals surface area contributed by atoms with Crippen LogP contribution in [0, 0.1) is 11.7 Å². The van der Waals surface area contributed by atoms with Crippen LogP contribution in [0.15, 0.2) is 24.3 Å². The second kappa shape index (κ2) is 9.10. The number of amides is 4. The number of urea groups is 1. The van der Waals surface area contributed by atoms with Gasteiger partial charge in [-0.05, 0) is 24.1 Å². The van der Waals surface area contributed by atoms with Gasteiger partial charge in [-0.1, -0.05) is 19.1 Å². The lowest BCUT2D eigenvalue weighted by Gasteiger charge is -2.50. The fourth-order valence-corrected chi connectivity index (χ4v) is 4.70. The predicted molar refractivity (Wildman–Crippen MR) is 108 cm³/mol. The molecule has 0 saturated carbocycles. The summed E-state index contributed by atoms with van der Waals surface area (Å²) >= 11 is 1.31. The Morgan fingerprint density at radius 2 is 2.03 bits per heavy atom. The minimum absolute atomic E-state index is 0.114. The Morgan fingerprint density at radius 1 is 1.28 bits per heavy atom. The number of benzene rings is 1. The van der Waals surface area contributed by atoms with Gasteiger partial charge in [-0.25, -0.2) is 9.18 Å². The van der Waals surface area contributed by atoms with Gasteiger partial charge in [0.25, 0.3) is 0 Å². The number of carbonyl (C=O) groups excluding carboxylic acids is 3.